The van der Waals surface area contributed by atoms with E-state index in [2.05, 4.69) is 31.3 Å². The summed E-state index contributed by atoms with van der Waals surface area (Å²) in [5.41, 5.74) is 0. The summed E-state index contributed by atoms with van der Waals surface area (Å²) in [7, 11) is 0. The van der Waals surface area contributed by atoms with Crippen molar-refractivity contribution in [2.75, 3.05) is 13.2 Å². The van der Waals surface area contributed by atoms with Crippen LogP contribution in [-0.2, 0) is 14.3 Å². The summed E-state index contributed by atoms with van der Waals surface area (Å²) in [6, 6.07) is -0.624. The second-order valence-electron chi connectivity index (χ2n) is 29.5. The molecule has 0 fully saturated rings. The van der Waals surface area contributed by atoms with E-state index in [1.165, 1.54) is 417 Å². The highest BCUT2D eigenvalue weighted by atomic mass is 16.5. The standard InChI is InChI=1S/C86H167NO5/c1-3-5-7-9-11-13-15-17-18-19-20-21-22-40-43-46-49-52-55-58-62-66-70-74-78-84(89)83(82-88)87-85(90)79-75-71-67-63-59-56-53-50-47-44-41-38-36-34-32-30-28-26-24-23-25-27-29-31-33-35-37-39-42-45-48-51-54-57-61-65-69-73-77-81-92-86(91)80-76-72-68-64-60-16-14-12-10-8-6-4-2/h12,14,74,78,83-84,88-89H,3-11,13,15-73,75-77,79-82H2,1-2H3,(H,87,90)/b14-12-,78-74+. The molecule has 1 amide bonds. The normalized spacial score (nSPS) is 12.5. The van der Waals surface area contributed by atoms with Crippen LogP contribution in [0.3, 0.4) is 0 Å². The van der Waals surface area contributed by atoms with Crippen LogP contribution < -0.4 is 5.32 Å². The average Bonchev–Trinajstić information content (AvgIpc) is 3.71. The van der Waals surface area contributed by atoms with E-state index >= 15 is 0 Å². The molecule has 2 unspecified atom stereocenters. The predicted octanol–water partition coefficient (Wildman–Crippen LogP) is 28.4. The molecule has 3 N–H and O–H groups in total. The van der Waals surface area contributed by atoms with Crippen LogP contribution in [0.2, 0.25) is 0 Å². The summed E-state index contributed by atoms with van der Waals surface area (Å²) in [6.45, 7) is 4.94. The van der Waals surface area contributed by atoms with Crippen LogP contribution in [0.5, 0.6) is 0 Å². The van der Waals surface area contributed by atoms with Gasteiger partial charge in [0, 0.05) is 12.8 Å². The molecule has 0 aliphatic heterocycles. The summed E-state index contributed by atoms with van der Waals surface area (Å²) in [4.78, 5) is 24.6. The molecule has 0 aliphatic rings. The molecule has 0 spiro atoms. The van der Waals surface area contributed by atoms with Crippen molar-refractivity contribution in [3.8, 4) is 0 Å². The zero-order chi connectivity index (χ0) is 66.3. The number of rotatable bonds is 81. The van der Waals surface area contributed by atoms with Gasteiger partial charge in [0.15, 0.2) is 0 Å². The van der Waals surface area contributed by atoms with E-state index in [1.54, 1.807) is 6.08 Å². The third-order valence-corrected chi connectivity index (χ3v) is 20.2. The first-order valence-corrected chi connectivity index (χ1v) is 42.6. The Labute approximate surface area is 577 Å². The predicted molar refractivity (Wildman–Crippen MR) is 407 cm³/mol. The highest BCUT2D eigenvalue weighted by Crippen LogP contribution is 2.21. The minimum absolute atomic E-state index is 0.0146. The molecule has 0 heterocycles. The van der Waals surface area contributed by atoms with Crippen LogP contribution >= 0.6 is 0 Å². The van der Waals surface area contributed by atoms with Gasteiger partial charge in [-0.2, -0.15) is 0 Å². The fourth-order valence-corrected chi connectivity index (χ4v) is 13.8. The number of ether oxygens (including phenoxy) is 1. The fraction of sp³-hybridized carbons (Fsp3) is 0.930. The zero-order valence-corrected chi connectivity index (χ0v) is 62.8. The third kappa shape index (κ3) is 77.3. The van der Waals surface area contributed by atoms with Gasteiger partial charge in [-0.15, -0.1) is 0 Å². The number of hydrogen-bond acceptors (Lipinski definition) is 5. The molecule has 6 nitrogen and oxygen atoms in total. The van der Waals surface area contributed by atoms with Gasteiger partial charge in [0.1, 0.15) is 0 Å². The molecule has 0 bridgehead atoms. The number of aliphatic hydroxyl groups is 2. The third-order valence-electron chi connectivity index (χ3n) is 20.2. The largest absolute Gasteiger partial charge is 0.466 e. The molecule has 2 atom stereocenters. The first-order chi connectivity index (χ1) is 45.5. The van der Waals surface area contributed by atoms with E-state index < -0.39 is 12.1 Å². The van der Waals surface area contributed by atoms with Gasteiger partial charge in [-0.25, -0.2) is 0 Å². The van der Waals surface area contributed by atoms with Gasteiger partial charge in [0.05, 0.1) is 25.4 Å². The van der Waals surface area contributed by atoms with Crippen molar-refractivity contribution in [1.82, 2.24) is 5.32 Å². The SMILES string of the molecule is CCCCC/C=C\CCCCCCCC(=O)OCCCCCCCCCCCCCCCCCCCCCCCCCCCCCCCCCCCCCCCCCC(=O)NC(CO)C(O)/C=C/CCCCCCCCCCCCCCCCCCCCCCCC. The van der Waals surface area contributed by atoms with Gasteiger partial charge in [-0.05, 0) is 57.8 Å². The van der Waals surface area contributed by atoms with E-state index in [-0.39, 0.29) is 18.5 Å². The molecule has 0 saturated carbocycles. The van der Waals surface area contributed by atoms with Crippen molar-refractivity contribution in [2.45, 2.75) is 501 Å². The first-order valence-electron chi connectivity index (χ1n) is 42.6. The number of carbonyl (C=O) groups is 2. The quantitative estimate of drug-likeness (QED) is 0.0320. The lowest BCUT2D eigenvalue weighted by molar-refractivity contribution is -0.143. The highest BCUT2D eigenvalue weighted by Gasteiger charge is 2.18. The van der Waals surface area contributed by atoms with Gasteiger partial charge in [-0.1, -0.05) is 443 Å². The Kier molecular flexibility index (Phi) is 80.3. The lowest BCUT2D eigenvalue weighted by Gasteiger charge is -2.20. The van der Waals surface area contributed by atoms with Crippen LogP contribution in [0.15, 0.2) is 24.3 Å². The molecule has 0 saturated heterocycles. The topological polar surface area (TPSA) is 95.9 Å². The first kappa shape index (κ1) is 90.3. The molecule has 0 aromatic rings. The van der Waals surface area contributed by atoms with Crippen LogP contribution in [0.25, 0.3) is 0 Å². The second-order valence-corrected chi connectivity index (χ2v) is 29.5. The Morgan fingerprint density at radius 3 is 0.793 bits per heavy atom. The van der Waals surface area contributed by atoms with Crippen molar-refractivity contribution in [3.63, 3.8) is 0 Å². The number of amides is 1. The molecular formula is C86H167NO5. The maximum absolute atomic E-state index is 12.6. The fourth-order valence-electron chi connectivity index (χ4n) is 13.8. The summed E-state index contributed by atoms with van der Waals surface area (Å²) in [5.74, 6) is -0.0414. The number of allylic oxidation sites excluding steroid dienone is 3. The minimum Gasteiger partial charge on any atom is -0.466 e. The zero-order valence-electron chi connectivity index (χ0n) is 62.8. The van der Waals surface area contributed by atoms with Gasteiger partial charge in [0.2, 0.25) is 5.91 Å². The Morgan fingerprint density at radius 1 is 0.293 bits per heavy atom. The molecule has 92 heavy (non-hydrogen) atoms. The maximum atomic E-state index is 12.6. The van der Waals surface area contributed by atoms with Gasteiger partial charge < -0.3 is 20.3 Å². The number of carbonyl (C=O) groups excluding carboxylic acids is 2. The van der Waals surface area contributed by atoms with Crippen LogP contribution in [-0.4, -0.2) is 47.4 Å². The molecule has 0 aromatic carbocycles. The summed E-state index contributed by atoms with van der Waals surface area (Å²) >= 11 is 0. The van der Waals surface area contributed by atoms with E-state index in [0.717, 1.165) is 44.9 Å². The van der Waals surface area contributed by atoms with Crippen LogP contribution in [0, 0.1) is 0 Å². The summed E-state index contributed by atoms with van der Waals surface area (Å²) in [5, 5.41) is 23.3. The Balaban J connectivity index is 3.32. The van der Waals surface area contributed by atoms with Gasteiger partial charge in [-0.3, -0.25) is 9.59 Å². The second kappa shape index (κ2) is 81.8. The van der Waals surface area contributed by atoms with Crippen molar-refractivity contribution in [1.29, 1.82) is 0 Å². The van der Waals surface area contributed by atoms with Crippen LogP contribution in [0.4, 0.5) is 0 Å². The number of aliphatic hydroxyl groups excluding tert-OH is 2. The Morgan fingerprint density at radius 2 is 0.511 bits per heavy atom. The van der Waals surface area contributed by atoms with E-state index in [1.807, 2.05) is 6.08 Å². The number of hydrogen-bond donors (Lipinski definition) is 3. The smallest absolute Gasteiger partial charge is 0.305 e. The summed E-state index contributed by atoms with van der Waals surface area (Å²) < 4.78 is 5.49. The number of esters is 1. The number of nitrogens with one attached hydrogen (secondary N) is 1. The van der Waals surface area contributed by atoms with E-state index in [0.29, 0.717) is 19.4 Å². The van der Waals surface area contributed by atoms with E-state index in [4.69, 9.17) is 4.74 Å². The highest BCUT2D eigenvalue weighted by molar-refractivity contribution is 5.76. The lowest BCUT2D eigenvalue weighted by atomic mass is 10.0. The average molecular weight is 1300 g/mol. The molecule has 6 heteroatoms. The van der Waals surface area contributed by atoms with Crippen molar-refractivity contribution < 1.29 is 24.5 Å². The van der Waals surface area contributed by atoms with Crippen molar-refractivity contribution >= 4 is 11.9 Å². The van der Waals surface area contributed by atoms with Crippen LogP contribution in [0.1, 0.15) is 489 Å². The summed E-state index contributed by atoms with van der Waals surface area (Å²) in [6.07, 6.45) is 106. The molecule has 0 aromatic heterocycles. The Hall–Kier alpha value is -1.66. The monoisotopic (exact) mass is 1290 g/mol. The van der Waals surface area contributed by atoms with Crippen molar-refractivity contribution in [3.05, 3.63) is 24.3 Å². The number of unbranched alkanes of at least 4 members (excludes halogenated alkanes) is 68. The van der Waals surface area contributed by atoms with Gasteiger partial charge >= 0.3 is 5.97 Å². The maximum Gasteiger partial charge on any atom is 0.305 e. The lowest BCUT2D eigenvalue weighted by Crippen LogP contribution is -2.45. The molecule has 0 rings (SSSR count). The van der Waals surface area contributed by atoms with E-state index in [9.17, 15) is 19.8 Å². The molecular weight excluding hydrogens is 1130 g/mol. The van der Waals surface area contributed by atoms with Crippen molar-refractivity contribution in [2.24, 2.45) is 0 Å². The minimum atomic E-state index is -0.841. The molecule has 0 radical (unpaired) electrons. The Bertz CT molecular complexity index is 1450. The van der Waals surface area contributed by atoms with Gasteiger partial charge in [0.25, 0.3) is 0 Å². The molecule has 0 aliphatic carbocycles. The molecule has 546 valence electrons.